The summed E-state index contributed by atoms with van der Waals surface area (Å²) in [6.07, 6.45) is 1.07. The van der Waals surface area contributed by atoms with E-state index in [1.807, 2.05) is 0 Å². The SMILES string of the molecule is Cc1ccc(S(C)(=O)=O)cc1CS(=O)(=O)Cl. The summed E-state index contributed by atoms with van der Waals surface area (Å²) in [4.78, 5) is 0.0911. The van der Waals surface area contributed by atoms with Gasteiger partial charge in [-0.1, -0.05) is 6.07 Å². The monoisotopic (exact) mass is 282 g/mol. The van der Waals surface area contributed by atoms with Crippen molar-refractivity contribution in [2.24, 2.45) is 0 Å². The average molecular weight is 283 g/mol. The van der Waals surface area contributed by atoms with Crippen molar-refractivity contribution in [3.05, 3.63) is 29.3 Å². The molecule has 0 N–H and O–H groups in total. The van der Waals surface area contributed by atoms with Crippen molar-refractivity contribution in [2.75, 3.05) is 6.26 Å². The molecule has 0 spiro atoms. The molecule has 0 bridgehead atoms. The Morgan fingerprint density at radius 1 is 1.19 bits per heavy atom. The van der Waals surface area contributed by atoms with Crippen LogP contribution in [0.25, 0.3) is 0 Å². The highest BCUT2D eigenvalue weighted by Gasteiger charge is 2.13. The molecule has 1 aromatic rings. The first-order chi connectivity index (χ1) is 7.09. The van der Waals surface area contributed by atoms with Crippen LogP contribution in [0.3, 0.4) is 0 Å². The summed E-state index contributed by atoms with van der Waals surface area (Å²) in [6, 6.07) is 4.34. The number of aryl methyl sites for hydroxylation is 1. The molecule has 16 heavy (non-hydrogen) atoms. The minimum Gasteiger partial charge on any atom is -0.224 e. The van der Waals surface area contributed by atoms with Gasteiger partial charge in [0, 0.05) is 16.9 Å². The third-order valence-corrected chi connectivity index (χ3v) is 4.17. The topological polar surface area (TPSA) is 68.3 Å². The third-order valence-electron chi connectivity index (χ3n) is 2.08. The van der Waals surface area contributed by atoms with Crippen LogP contribution < -0.4 is 0 Å². The van der Waals surface area contributed by atoms with E-state index < -0.39 is 18.9 Å². The predicted octanol–water partition coefficient (Wildman–Crippen LogP) is 1.47. The zero-order valence-electron chi connectivity index (χ0n) is 8.77. The second-order valence-electron chi connectivity index (χ2n) is 3.54. The zero-order chi connectivity index (χ0) is 12.6. The van der Waals surface area contributed by atoms with Gasteiger partial charge in [-0.25, -0.2) is 16.8 Å². The lowest BCUT2D eigenvalue weighted by Crippen LogP contribution is -2.02. The van der Waals surface area contributed by atoms with E-state index in [0.717, 1.165) is 6.26 Å². The van der Waals surface area contributed by atoms with Crippen molar-refractivity contribution in [1.82, 2.24) is 0 Å². The Bertz CT molecular complexity index is 602. The van der Waals surface area contributed by atoms with Gasteiger partial charge in [0.2, 0.25) is 9.05 Å². The molecule has 1 aromatic carbocycles. The Labute approximate surface area is 99.6 Å². The molecular weight excluding hydrogens is 272 g/mol. The Kier molecular flexibility index (Phi) is 3.66. The van der Waals surface area contributed by atoms with E-state index in [2.05, 4.69) is 0 Å². The summed E-state index contributed by atoms with van der Waals surface area (Å²) in [5, 5.41) is 0. The molecule has 0 amide bonds. The van der Waals surface area contributed by atoms with E-state index >= 15 is 0 Å². The highest BCUT2D eigenvalue weighted by atomic mass is 35.7. The molecule has 0 aliphatic heterocycles. The molecule has 0 aliphatic carbocycles. The second kappa shape index (κ2) is 4.35. The van der Waals surface area contributed by atoms with Crippen molar-refractivity contribution < 1.29 is 16.8 Å². The van der Waals surface area contributed by atoms with E-state index in [-0.39, 0.29) is 10.6 Å². The van der Waals surface area contributed by atoms with Gasteiger partial charge < -0.3 is 0 Å². The molecular formula is C9H11ClO4S2. The summed E-state index contributed by atoms with van der Waals surface area (Å²) in [5.74, 6) is -0.371. The Morgan fingerprint density at radius 2 is 1.75 bits per heavy atom. The summed E-state index contributed by atoms with van der Waals surface area (Å²) in [5.41, 5.74) is 1.09. The van der Waals surface area contributed by atoms with Gasteiger partial charge in [-0.15, -0.1) is 0 Å². The van der Waals surface area contributed by atoms with Gasteiger partial charge in [-0.05, 0) is 30.2 Å². The van der Waals surface area contributed by atoms with E-state index in [0.29, 0.717) is 11.1 Å². The van der Waals surface area contributed by atoms with Crippen LogP contribution in [0.2, 0.25) is 0 Å². The van der Waals surface area contributed by atoms with Gasteiger partial charge in [0.25, 0.3) is 0 Å². The first kappa shape index (κ1) is 13.5. The van der Waals surface area contributed by atoms with E-state index in [1.165, 1.54) is 12.1 Å². The fraction of sp³-hybridized carbons (Fsp3) is 0.333. The van der Waals surface area contributed by atoms with Gasteiger partial charge in [0.1, 0.15) is 0 Å². The maximum atomic E-state index is 11.3. The number of hydrogen-bond acceptors (Lipinski definition) is 4. The molecule has 90 valence electrons. The van der Waals surface area contributed by atoms with E-state index in [1.54, 1.807) is 13.0 Å². The smallest absolute Gasteiger partial charge is 0.224 e. The Balaban J connectivity index is 3.31. The molecule has 0 fully saturated rings. The lowest BCUT2D eigenvalue weighted by molar-refractivity contribution is 0.600. The molecule has 4 nitrogen and oxygen atoms in total. The van der Waals surface area contributed by atoms with Crippen molar-refractivity contribution in [3.8, 4) is 0 Å². The maximum absolute atomic E-state index is 11.3. The van der Waals surface area contributed by atoms with E-state index in [4.69, 9.17) is 10.7 Å². The summed E-state index contributed by atoms with van der Waals surface area (Å²) in [7, 11) is -1.89. The predicted molar refractivity (Wildman–Crippen MR) is 62.8 cm³/mol. The van der Waals surface area contributed by atoms with E-state index in [9.17, 15) is 16.8 Å². The lowest BCUT2D eigenvalue weighted by Gasteiger charge is -2.06. The fourth-order valence-electron chi connectivity index (χ4n) is 1.22. The first-order valence-electron chi connectivity index (χ1n) is 4.31. The van der Waals surface area contributed by atoms with Crippen LogP contribution in [0.4, 0.5) is 0 Å². The quantitative estimate of drug-likeness (QED) is 0.787. The van der Waals surface area contributed by atoms with Gasteiger partial charge in [0.15, 0.2) is 9.84 Å². The van der Waals surface area contributed by atoms with Crippen LogP contribution in [-0.2, 0) is 24.6 Å². The van der Waals surface area contributed by atoms with Crippen molar-refractivity contribution in [3.63, 3.8) is 0 Å². The average Bonchev–Trinajstić information content (AvgIpc) is 2.04. The van der Waals surface area contributed by atoms with Crippen molar-refractivity contribution >= 4 is 29.6 Å². The van der Waals surface area contributed by atoms with Gasteiger partial charge >= 0.3 is 0 Å². The molecule has 0 aliphatic rings. The number of benzene rings is 1. The van der Waals surface area contributed by atoms with Crippen LogP contribution in [0.5, 0.6) is 0 Å². The molecule has 0 saturated heterocycles. The number of hydrogen-bond donors (Lipinski definition) is 0. The van der Waals surface area contributed by atoms with Crippen molar-refractivity contribution in [2.45, 2.75) is 17.6 Å². The standard InChI is InChI=1S/C9H11ClO4S2/c1-7-3-4-9(15(2,11)12)5-8(7)6-16(10,13)14/h3-5H,6H2,1-2H3. The summed E-state index contributed by atoms with van der Waals surface area (Å²) < 4.78 is 44.4. The van der Waals surface area contributed by atoms with Crippen LogP contribution in [0.1, 0.15) is 11.1 Å². The van der Waals surface area contributed by atoms with Crippen molar-refractivity contribution in [1.29, 1.82) is 0 Å². The Morgan fingerprint density at radius 3 is 2.19 bits per heavy atom. The Hall–Kier alpha value is -0.590. The van der Waals surface area contributed by atoms with Gasteiger partial charge in [-0.2, -0.15) is 0 Å². The van der Waals surface area contributed by atoms with Gasteiger partial charge in [-0.3, -0.25) is 0 Å². The minimum atomic E-state index is -3.68. The molecule has 0 saturated carbocycles. The molecule has 7 heteroatoms. The van der Waals surface area contributed by atoms with Crippen LogP contribution in [0.15, 0.2) is 23.1 Å². The van der Waals surface area contributed by atoms with Crippen LogP contribution >= 0.6 is 10.7 Å². The van der Waals surface area contributed by atoms with Crippen LogP contribution in [0, 0.1) is 6.92 Å². The summed E-state index contributed by atoms with van der Waals surface area (Å²) in [6.45, 7) is 1.70. The van der Waals surface area contributed by atoms with Crippen LogP contribution in [-0.4, -0.2) is 23.1 Å². The molecule has 0 atom stereocenters. The van der Waals surface area contributed by atoms with Gasteiger partial charge in [0.05, 0.1) is 10.6 Å². The molecule has 0 aromatic heterocycles. The first-order valence-corrected chi connectivity index (χ1v) is 8.68. The molecule has 0 radical (unpaired) electrons. The normalized spacial score (nSPS) is 12.7. The second-order valence-corrected chi connectivity index (χ2v) is 8.34. The molecule has 0 unspecified atom stereocenters. The maximum Gasteiger partial charge on any atom is 0.236 e. The molecule has 1 rings (SSSR count). The minimum absolute atomic E-state index is 0.0911. The highest BCUT2D eigenvalue weighted by Crippen LogP contribution is 2.19. The zero-order valence-corrected chi connectivity index (χ0v) is 11.2. The highest BCUT2D eigenvalue weighted by molar-refractivity contribution is 8.13. The third kappa shape index (κ3) is 3.77. The molecule has 0 heterocycles. The number of halogens is 1. The fourth-order valence-corrected chi connectivity index (χ4v) is 2.93. The lowest BCUT2D eigenvalue weighted by atomic mass is 10.1. The summed E-state index contributed by atoms with van der Waals surface area (Å²) >= 11 is 0. The number of sulfone groups is 1. The largest absolute Gasteiger partial charge is 0.236 e. The number of rotatable bonds is 3.